The quantitative estimate of drug-likeness (QED) is 0.879. The maximum absolute atomic E-state index is 13.2. The largest absolute Gasteiger partial charge is 0.393 e. The molecule has 1 aliphatic rings. The minimum absolute atomic E-state index is 0.107. The van der Waals surface area contributed by atoms with Crippen LogP contribution >= 0.6 is 15.9 Å². The van der Waals surface area contributed by atoms with Crippen LogP contribution in [0.2, 0.25) is 0 Å². The van der Waals surface area contributed by atoms with E-state index >= 15 is 0 Å². The Morgan fingerprint density at radius 3 is 2.94 bits per heavy atom. The lowest BCUT2D eigenvalue weighted by Crippen LogP contribution is -2.17. The fraction of sp³-hybridized carbons (Fsp3) is 0.538. The van der Waals surface area contributed by atoms with Crippen molar-refractivity contribution in [2.45, 2.75) is 38.7 Å². The predicted molar refractivity (Wildman–Crippen MR) is 65.8 cm³/mol. The lowest BCUT2D eigenvalue weighted by molar-refractivity contribution is 0.163. The second kappa shape index (κ2) is 4.46. The Morgan fingerprint density at radius 2 is 2.31 bits per heavy atom. The number of aliphatic hydroxyl groups excluding tert-OH is 1. The van der Waals surface area contributed by atoms with E-state index in [9.17, 15) is 9.50 Å². The number of aliphatic hydroxyl groups is 1. The molecule has 0 radical (unpaired) electrons. The lowest BCUT2D eigenvalue weighted by Gasteiger charge is -2.24. The summed E-state index contributed by atoms with van der Waals surface area (Å²) in [5.41, 5.74) is 1.10. The Labute approximate surface area is 104 Å². The van der Waals surface area contributed by atoms with Crippen LogP contribution in [0.1, 0.15) is 31.7 Å². The van der Waals surface area contributed by atoms with Gasteiger partial charge in [0.2, 0.25) is 0 Å². The molecular formula is C13H16BrFO. The highest BCUT2D eigenvalue weighted by Crippen LogP contribution is 2.41. The first-order chi connectivity index (χ1) is 7.48. The molecule has 1 saturated carbocycles. The van der Waals surface area contributed by atoms with Crippen molar-refractivity contribution in [3.05, 3.63) is 34.1 Å². The van der Waals surface area contributed by atoms with Crippen molar-refractivity contribution in [2.24, 2.45) is 5.41 Å². The summed E-state index contributed by atoms with van der Waals surface area (Å²) in [5.74, 6) is -0.194. The van der Waals surface area contributed by atoms with Crippen LogP contribution in [0.15, 0.2) is 22.7 Å². The van der Waals surface area contributed by atoms with E-state index in [4.69, 9.17) is 0 Å². The summed E-state index contributed by atoms with van der Waals surface area (Å²) in [6, 6.07) is 4.79. The van der Waals surface area contributed by atoms with E-state index in [1.54, 1.807) is 12.1 Å². The highest BCUT2D eigenvalue weighted by Gasteiger charge is 2.34. The van der Waals surface area contributed by atoms with Gasteiger partial charge in [-0.2, -0.15) is 0 Å². The van der Waals surface area contributed by atoms with Crippen LogP contribution in [-0.2, 0) is 6.42 Å². The van der Waals surface area contributed by atoms with Gasteiger partial charge in [-0.15, -0.1) is 0 Å². The zero-order chi connectivity index (χ0) is 11.8. The molecule has 1 fully saturated rings. The van der Waals surface area contributed by atoms with E-state index in [2.05, 4.69) is 22.9 Å². The van der Waals surface area contributed by atoms with Crippen molar-refractivity contribution in [1.29, 1.82) is 0 Å². The standard InChI is InChI=1S/C13H16BrFO/c1-13(5-4-11(16)8-13)7-9-6-10(15)2-3-12(9)14/h2-3,6,11,16H,4-5,7-8H2,1H3. The van der Waals surface area contributed by atoms with Gasteiger partial charge in [0, 0.05) is 4.47 Å². The number of hydrogen-bond donors (Lipinski definition) is 1. The molecule has 2 atom stereocenters. The minimum Gasteiger partial charge on any atom is -0.393 e. The number of halogens is 2. The zero-order valence-corrected chi connectivity index (χ0v) is 10.9. The first-order valence-electron chi connectivity index (χ1n) is 5.60. The van der Waals surface area contributed by atoms with Gasteiger partial charge in [-0.1, -0.05) is 22.9 Å². The van der Waals surface area contributed by atoms with Crippen LogP contribution < -0.4 is 0 Å². The fourth-order valence-corrected chi connectivity index (χ4v) is 2.97. The Balaban J connectivity index is 2.17. The maximum atomic E-state index is 13.2. The van der Waals surface area contributed by atoms with Gasteiger partial charge in [0.25, 0.3) is 0 Å². The molecule has 0 aliphatic heterocycles. The van der Waals surface area contributed by atoms with Gasteiger partial charge in [0.1, 0.15) is 5.82 Å². The monoisotopic (exact) mass is 286 g/mol. The Bertz CT molecular complexity index is 394. The van der Waals surface area contributed by atoms with Crippen LogP contribution in [0.5, 0.6) is 0 Å². The highest BCUT2D eigenvalue weighted by molar-refractivity contribution is 9.10. The van der Waals surface area contributed by atoms with E-state index in [0.717, 1.165) is 35.7 Å². The van der Waals surface area contributed by atoms with Crippen molar-refractivity contribution >= 4 is 15.9 Å². The van der Waals surface area contributed by atoms with Gasteiger partial charge in [-0.25, -0.2) is 4.39 Å². The topological polar surface area (TPSA) is 20.2 Å². The van der Waals surface area contributed by atoms with Gasteiger partial charge < -0.3 is 5.11 Å². The smallest absolute Gasteiger partial charge is 0.123 e. The van der Waals surface area contributed by atoms with E-state index in [-0.39, 0.29) is 17.3 Å². The van der Waals surface area contributed by atoms with Crippen LogP contribution in [-0.4, -0.2) is 11.2 Å². The Morgan fingerprint density at radius 1 is 1.56 bits per heavy atom. The molecule has 1 aromatic carbocycles. The molecule has 1 aromatic rings. The Kier molecular flexibility index (Phi) is 3.36. The maximum Gasteiger partial charge on any atom is 0.123 e. The molecule has 0 bridgehead atoms. The molecule has 0 spiro atoms. The molecule has 16 heavy (non-hydrogen) atoms. The Hall–Kier alpha value is -0.410. The van der Waals surface area contributed by atoms with Crippen LogP contribution in [0.4, 0.5) is 4.39 Å². The lowest BCUT2D eigenvalue weighted by atomic mass is 9.82. The summed E-state index contributed by atoms with van der Waals surface area (Å²) in [7, 11) is 0. The molecule has 2 unspecified atom stereocenters. The summed E-state index contributed by atoms with van der Waals surface area (Å²) in [6.45, 7) is 2.17. The third kappa shape index (κ3) is 2.64. The summed E-state index contributed by atoms with van der Waals surface area (Å²) in [4.78, 5) is 0. The molecule has 0 amide bonds. The summed E-state index contributed by atoms with van der Waals surface area (Å²) < 4.78 is 14.1. The highest BCUT2D eigenvalue weighted by atomic mass is 79.9. The third-order valence-corrected chi connectivity index (χ3v) is 4.21. The van der Waals surface area contributed by atoms with Crippen LogP contribution in [0.25, 0.3) is 0 Å². The van der Waals surface area contributed by atoms with Crippen LogP contribution in [0, 0.1) is 11.2 Å². The summed E-state index contributed by atoms with van der Waals surface area (Å²) >= 11 is 3.45. The van der Waals surface area contributed by atoms with Crippen molar-refractivity contribution in [3.8, 4) is 0 Å². The van der Waals surface area contributed by atoms with E-state index < -0.39 is 0 Å². The molecule has 0 aromatic heterocycles. The van der Waals surface area contributed by atoms with Gasteiger partial charge in [0.15, 0.2) is 0 Å². The molecule has 88 valence electrons. The van der Waals surface area contributed by atoms with Gasteiger partial charge >= 0.3 is 0 Å². The van der Waals surface area contributed by atoms with Crippen molar-refractivity contribution in [2.75, 3.05) is 0 Å². The van der Waals surface area contributed by atoms with Gasteiger partial charge in [0.05, 0.1) is 6.10 Å². The number of benzene rings is 1. The molecule has 1 N–H and O–H groups in total. The van der Waals surface area contributed by atoms with Gasteiger partial charge in [-0.3, -0.25) is 0 Å². The van der Waals surface area contributed by atoms with Crippen LogP contribution in [0.3, 0.4) is 0 Å². The van der Waals surface area contributed by atoms with Crippen molar-refractivity contribution < 1.29 is 9.50 Å². The second-order valence-corrected chi connectivity index (χ2v) is 5.97. The molecule has 0 heterocycles. The molecule has 2 rings (SSSR count). The van der Waals surface area contributed by atoms with Crippen molar-refractivity contribution in [1.82, 2.24) is 0 Å². The van der Waals surface area contributed by atoms with Gasteiger partial charge in [-0.05, 0) is 54.9 Å². The molecule has 1 aliphatic carbocycles. The molecule has 1 nitrogen and oxygen atoms in total. The first-order valence-corrected chi connectivity index (χ1v) is 6.40. The predicted octanol–water partition coefficient (Wildman–Crippen LogP) is 3.68. The van der Waals surface area contributed by atoms with E-state index in [1.165, 1.54) is 6.07 Å². The number of rotatable bonds is 2. The molecular weight excluding hydrogens is 271 g/mol. The second-order valence-electron chi connectivity index (χ2n) is 5.12. The number of hydrogen-bond acceptors (Lipinski definition) is 1. The van der Waals surface area contributed by atoms with E-state index in [1.807, 2.05) is 0 Å². The molecule has 3 heteroatoms. The first kappa shape index (κ1) is 12.1. The SMILES string of the molecule is CC1(Cc2cc(F)ccc2Br)CCC(O)C1. The third-order valence-electron chi connectivity index (χ3n) is 3.43. The minimum atomic E-state index is -0.194. The zero-order valence-electron chi connectivity index (χ0n) is 9.34. The summed E-state index contributed by atoms with van der Waals surface area (Å²) in [5, 5.41) is 9.58. The summed E-state index contributed by atoms with van der Waals surface area (Å²) in [6.07, 6.45) is 3.33. The van der Waals surface area contributed by atoms with Crippen molar-refractivity contribution in [3.63, 3.8) is 0 Å². The average Bonchev–Trinajstić information content (AvgIpc) is 2.52. The molecule has 0 saturated heterocycles. The normalized spacial score (nSPS) is 29.6. The van der Waals surface area contributed by atoms with E-state index in [0.29, 0.717) is 0 Å². The fourth-order valence-electron chi connectivity index (χ4n) is 2.59. The average molecular weight is 287 g/mol.